The molecular weight excluding hydrogens is 388 g/mol. The summed E-state index contributed by atoms with van der Waals surface area (Å²) in [5, 5.41) is 9.18. The number of nitrogens with zero attached hydrogens (tertiary/aromatic N) is 2. The van der Waals surface area contributed by atoms with Gasteiger partial charge in [0, 0.05) is 19.6 Å². The number of amides is 2. The summed E-state index contributed by atoms with van der Waals surface area (Å²) in [5.41, 5.74) is -1.37. The van der Waals surface area contributed by atoms with Crippen molar-refractivity contribution in [3.05, 3.63) is 0 Å². The first-order valence-corrected chi connectivity index (χ1v) is 10.9. The second-order valence-electron chi connectivity index (χ2n) is 10.1. The molecule has 0 aliphatic heterocycles. The molecule has 0 spiro atoms. The molecule has 8 heteroatoms. The zero-order valence-corrected chi connectivity index (χ0v) is 19.5. The predicted octanol–water partition coefficient (Wildman–Crippen LogP) is 4.52. The highest BCUT2D eigenvalue weighted by Gasteiger charge is 2.27. The highest BCUT2D eigenvalue weighted by Crippen LogP contribution is 2.26. The summed E-state index contributed by atoms with van der Waals surface area (Å²) in [6.45, 7) is 10.9. The van der Waals surface area contributed by atoms with Crippen molar-refractivity contribution in [2.24, 2.45) is 5.92 Å². The lowest BCUT2D eigenvalue weighted by Gasteiger charge is -2.32. The van der Waals surface area contributed by atoms with E-state index >= 15 is 0 Å². The van der Waals surface area contributed by atoms with Gasteiger partial charge in [0.25, 0.3) is 0 Å². The summed E-state index contributed by atoms with van der Waals surface area (Å²) < 4.78 is 10.8. The van der Waals surface area contributed by atoms with E-state index in [4.69, 9.17) is 9.47 Å². The Morgan fingerprint density at radius 1 is 0.800 bits per heavy atom. The van der Waals surface area contributed by atoms with Gasteiger partial charge in [-0.05, 0) is 53.9 Å². The molecule has 0 atom stereocenters. The maximum Gasteiger partial charge on any atom is 0.410 e. The first kappa shape index (κ1) is 26.0. The molecule has 0 aromatic carbocycles. The fourth-order valence-corrected chi connectivity index (χ4v) is 3.40. The fraction of sp³-hybridized carbons (Fsp3) is 0.864. The van der Waals surface area contributed by atoms with Crippen molar-refractivity contribution >= 4 is 18.2 Å². The normalized spacial score (nSPS) is 15.4. The van der Waals surface area contributed by atoms with E-state index in [1.165, 1.54) is 32.1 Å². The Hall–Kier alpha value is -1.99. The second-order valence-corrected chi connectivity index (χ2v) is 10.1. The molecule has 1 N–H and O–H groups in total. The third-order valence-corrected chi connectivity index (χ3v) is 4.80. The van der Waals surface area contributed by atoms with Gasteiger partial charge in [0.1, 0.15) is 17.7 Å². The van der Waals surface area contributed by atoms with E-state index in [2.05, 4.69) is 0 Å². The Morgan fingerprint density at radius 3 is 1.73 bits per heavy atom. The average Bonchev–Trinajstić information content (AvgIpc) is 2.58. The molecule has 0 aromatic rings. The van der Waals surface area contributed by atoms with Crippen LogP contribution in [0.4, 0.5) is 9.59 Å². The summed E-state index contributed by atoms with van der Waals surface area (Å²) in [7, 11) is 0. The number of ether oxygens (including phenoxy) is 2. The summed E-state index contributed by atoms with van der Waals surface area (Å²) in [5.74, 6) is -0.545. The highest BCUT2D eigenvalue weighted by atomic mass is 16.6. The van der Waals surface area contributed by atoms with Crippen LogP contribution >= 0.6 is 0 Å². The van der Waals surface area contributed by atoms with Crippen LogP contribution in [-0.4, -0.2) is 70.4 Å². The van der Waals surface area contributed by atoms with Gasteiger partial charge >= 0.3 is 18.2 Å². The van der Waals surface area contributed by atoms with E-state index < -0.39 is 35.9 Å². The summed E-state index contributed by atoms with van der Waals surface area (Å²) in [6, 6.07) is 0. The lowest BCUT2D eigenvalue weighted by Crippen LogP contribution is -2.46. The predicted molar refractivity (Wildman–Crippen MR) is 114 cm³/mol. The molecule has 1 fully saturated rings. The monoisotopic (exact) mass is 428 g/mol. The van der Waals surface area contributed by atoms with E-state index in [0.717, 1.165) is 11.3 Å². The number of hydrogen-bond donors (Lipinski definition) is 1. The van der Waals surface area contributed by atoms with Crippen LogP contribution in [-0.2, 0) is 14.3 Å². The largest absolute Gasteiger partial charge is 0.480 e. The van der Waals surface area contributed by atoms with Gasteiger partial charge in [-0.1, -0.05) is 32.1 Å². The molecule has 0 unspecified atom stereocenters. The number of carbonyl (C=O) groups is 3. The van der Waals surface area contributed by atoms with Gasteiger partial charge in [-0.2, -0.15) is 0 Å². The van der Waals surface area contributed by atoms with Crippen molar-refractivity contribution in [2.45, 2.75) is 91.3 Å². The van der Waals surface area contributed by atoms with Crippen molar-refractivity contribution in [3.8, 4) is 0 Å². The van der Waals surface area contributed by atoms with Crippen LogP contribution in [0.1, 0.15) is 80.1 Å². The van der Waals surface area contributed by atoms with Crippen molar-refractivity contribution in [1.82, 2.24) is 9.80 Å². The van der Waals surface area contributed by atoms with E-state index in [9.17, 15) is 19.5 Å². The minimum absolute atomic E-state index is 0.0606. The zero-order valence-electron chi connectivity index (χ0n) is 19.5. The van der Waals surface area contributed by atoms with Crippen molar-refractivity contribution in [3.63, 3.8) is 0 Å². The molecule has 0 heterocycles. The topological polar surface area (TPSA) is 96.4 Å². The summed E-state index contributed by atoms with van der Waals surface area (Å²) in [6.07, 6.45) is 5.79. The van der Waals surface area contributed by atoms with E-state index in [1.54, 1.807) is 25.7 Å². The number of aliphatic carboxylic acids is 1. The first-order chi connectivity index (χ1) is 13.8. The van der Waals surface area contributed by atoms with E-state index in [0.29, 0.717) is 12.5 Å². The molecule has 0 saturated heterocycles. The molecule has 1 aliphatic carbocycles. The second kappa shape index (κ2) is 11.4. The molecule has 30 heavy (non-hydrogen) atoms. The van der Waals surface area contributed by atoms with E-state index in [1.807, 2.05) is 20.8 Å². The molecule has 0 aromatic heterocycles. The van der Waals surface area contributed by atoms with Gasteiger partial charge in [-0.15, -0.1) is 0 Å². The molecule has 174 valence electrons. The van der Waals surface area contributed by atoms with Crippen LogP contribution in [0.5, 0.6) is 0 Å². The SMILES string of the molecule is CC(C)(C)OC(=O)N(CCC1CCCCC1)CCN(CC(=O)O)C(=O)OC(C)(C)C. The van der Waals surface area contributed by atoms with Gasteiger partial charge in [-0.3, -0.25) is 9.69 Å². The lowest BCUT2D eigenvalue weighted by molar-refractivity contribution is -0.138. The van der Waals surface area contributed by atoms with Gasteiger partial charge in [0.15, 0.2) is 0 Å². The number of hydrogen-bond acceptors (Lipinski definition) is 5. The summed E-state index contributed by atoms with van der Waals surface area (Å²) in [4.78, 5) is 39.1. The molecule has 2 amide bonds. The molecule has 1 rings (SSSR count). The number of carboxylic acid groups (broad SMARTS) is 1. The Balaban J connectivity index is 2.80. The molecular formula is C22H40N2O6. The Labute approximate surface area is 180 Å². The molecule has 0 bridgehead atoms. The number of carboxylic acids is 1. The van der Waals surface area contributed by atoms with Crippen LogP contribution in [0.25, 0.3) is 0 Å². The third kappa shape index (κ3) is 11.3. The maximum atomic E-state index is 12.7. The van der Waals surface area contributed by atoms with Crippen LogP contribution < -0.4 is 0 Å². The van der Waals surface area contributed by atoms with Gasteiger partial charge < -0.3 is 19.5 Å². The Bertz CT molecular complexity index is 573. The van der Waals surface area contributed by atoms with Crippen molar-refractivity contribution < 1.29 is 29.0 Å². The van der Waals surface area contributed by atoms with Crippen LogP contribution in [0.3, 0.4) is 0 Å². The zero-order chi connectivity index (χ0) is 22.9. The van der Waals surface area contributed by atoms with Crippen molar-refractivity contribution in [1.29, 1.82) is 0 Å². The minimum atomic E-state index is -1.13. The Morgan fingerprint density at radius 2 is 1.27 bits per heavy atom. The standard InChI is InChI=1S/C22H40N2O6/c1-21(2,3)29-19(27)23(13-12-17-10-8-7-9-11-17)14-15-24(16-18(25)26)20(28)30-22(4,5)6/h17H,7-16H2,1-6H3,(H,25,26). The first-order valence-electron chi connectivity index (χ1n) is 10.9. The fourth-order valence-electron chi connectivity index (χ4n) is 3.40. The van der Waals surface area contributed by atoms with Crippen LogP contribution in [0.15, 0.2) is 0 Å². The number of rotatable bonds is 8. The smallest absolute Gasteiger partial charge is 0.410 e. The van der Waals surface area contributed by atoms with Gasteiger partial charge in [0.05, 0.1) is 0 Å². The molecule has 1 saturated carbocycles. The average molecular weight is 429 g/mol. The Kier molecular flexibility index (Phi) is 9.91. The van der Waals surface area contributed by atoms with E-state index in [-0.39, 0.29) is 13.1 Å². The van der Waals surface area contributed by atoms with Crippen LogP contribution in [0, 0.1) is 5.92 Å². The van der Waals surface area contributed by atoms with Crippen molar-refractivity contribution in [2.75, 3.05) is 26.2 Å². The molecule has 1 aliphatic rings. The highest BCUT2D eigenvalue weighted by molar-refractivity contribution is 5.77. The van der Waals surface area contributed by atoms with Crippen LogP contribution in [0.2, 0.25) is 0 Å². The van der Waals surface area contributed by atoms with Gasteiger partial charge in [0.2, 0.25) is 0 Å². The maximum absolute atomic E-state index is 12.7. The number of carbonyl (C=O) groups excluding carboxylic acids is 2. The molecule has 8 nitrogen and oxygen atoms in total. The lowest BCUT2D eigenvalue weighted by atomic mass is 9.87. The quantitative estimate of drug-likeness (QED) is 0.611. The van der Waals surface area contributed by atoms with Gasteiger partial charge in [-0.25, -0.2) is 9.59 Å². The third-order valence-electron chi connectivity index (χ3n) is 4.80. The molecule has 0 radical (unpaired) electrons. The summed E-state index contributed by atoms with van der Waals surface area (Å²) >= 11 is 0. The minimum Gasteiger partial charge on any atom is -0.480 e.